The van der Waals surface area contributed by atoms with Crippen LogP contribution in [0.5, 0.6) is 23.0 Å². The first-order valence-electron chi connectivity index (χ1n) is 8.47. The van der Waals surface area contributed by atoms with Gasteiger partial charge in [0.1, 0.15) is 0 Å². The molecule has 184 valence electrons. The van der Waals surface area contributed by atoms with Gasteiger partial charge in [0.05, 0.1) is 21.0 Å². The van der Waals surface area contributed by atoms with Crippen LogP contribution in [0.15, 0.2) is 24.3 Å². The van der Waals surface area contributed by atoms with Gasteiger partial charge >= 0.3 is 18.9 Å². The number of carbonyl (C=O) groups excluding carboxylic acids is 1. The lowest BCUT2D eigenvalue weighted by atomic mass is 10.1. The highest BCUT2D eigenvalue weighted by Crippen LogP contribution is 2.42. The molecule has 34 heavy (non-hydrogen) atoms. The lowest BCUT2D eigenvalue weighted by Crippen LogP contribution is -2.22. The van der Waals surface area contributed by atoms with Crippen molar-refractivity contribution < 1.29 is 59.9 Å². The van der Waals surface area contributed by atoms with Crippen LogP contribution in [0, 0.1) is 34.1 Å². The summed E-state index contributed by atoms with van der Waals surface area (Å²) < 4.78 is 92.8. The van der Waals surface area contributed by atoms with Gasteiger partial charge < -0.3 is 18.9 Å². The van der Waals surface area contributed by atoms with Crippen molar-refractivity contribution in [1.29, 1.82) is 0 Å². The second kappa shape index (κ2) is 9.28. The lowest BCUT2D eigenvalue weighted by Gasteiger charge is -2.17. The Morgan fingerprint density at radius 1 is 0.735 bits per heavy atom. The number of hydrogen-bond acceptors (Lipinski definition) is 9. The van der Waals surface area contributed by atoms with E-state index >= 15 is 0 Å². The molecule has 17 heteroatoms. The molecule has 0 fully saturated rings. The van der Waals surface area contributed by atoms with E-state index in [-0.39, 0.29) is 0 Å². The maximum Gasteiger partial charge on any atom is 0.573 e. The second-order valence-electron chi connectivity index (χ2n) is 6.14. The third-order valence-corrected chi connectivity index (χ3v) is 3.90. The SMILES string of the molecule is Cc1c([N+](=O)[O-])ccc(OC(=O)Oc2ccc([N+](=O)[O-])c(C)c2OC(F)(F)F)c1OC(F)(F)F. The molecule has 0 spiro atoms. The van der Waals surface area contributed by atoms with Gasteiger partial charge in [-0.05, 0) is 26.0 Å². The van der Waals surface area contributed by atoms with E-state index in [1.54, 1.807) is 0 Å². The number of nitro benzene ring substituents is 2. The monoisotopic (exact) mass is 500 g/mol. The van der Waals surface area contributed by atoms with Crippen molar-refractivity contribution in [1.82, 2.24) is 0 Å². The van der Waals surface area contributed by atoms with Crippen molar-refractivity contribution in [2.45, 2.75) is 26.6 Å². The molecule has 0 aliphatic carbocycles. The van der Waals surface area contributed by atoms with E-state index < -0.39 is 74.2 Å². The van der Waals surface area contributed by atoms with E-state index in [1.807, 2.05) is 0 Å². The number of alkyl halides is 6. The molecule has 0 aromatic heterocycles. The molecular formula is C17H10F6N2O9. The highest BCUT2D eigenvalue weighted by Gasteiger charge is 2.37. The molecule has 0 amide bonds. The fourth-order valence-electron chi connectivity index (χ4n) is 2.55. The zero-order valence-electron chi connectivity index (χ0n) is 16.6. The number of carbonyl (C=O) groups is 1. The van der Waals surface area contributed by atoms with Crippen molar-refractivity contribution in [3.63, 3.8) is 0 Å². The number of nitrogens with zero attached hydrogens (tertiary/aromatic N) is 2. The number of halogens is 6. The zero-order valence-corrected chi connectivity index (χ0v) is 16.6. The van der Waals surface area contributed by atoms with Gasteiger partial charge in [-0.3, -0.25) is 20.2 Å². The Bertz CT molecular complexity index is 1060. The quantitative estimate of drug-likeness (QED) is 0.165. The Morgan fingerprint density at radius 2 is 1.06 bits per heavy atom. The van der Waals surface area contributed by atoms with Gasteiger partial charge in [-0.1, -0.05) is 0 Å². The molecule has 2 aromatic rings. The number of rotatable bonds is 6. The fourth-order valence-corrected chi connectivity index (χ4v) is 2.55. The van der Waals surface area contributed by atoms with Crippen LogP contribution in [-0.4, -0.2) is 28.7 Å². The molecule has 11 nitrogen and oxygen atoms in total. The van der Waals surface area contributed by atoms with Gasteiger partial charge in [-0.2, -0.15) is 0 Å². The van der Waals surface area contributed by atoms with Crippen molar-refractivity contribution >= 4 is 17.5 Å². The Kier molecular flexibility index (Phi) is 7.08. The maximum atomic E-state index is 12.7. The molecule has 0 saturated heterocycles. The van der Waals surface area contributed by atoms with Gasteiger partial charge in [0.15, 0.2) is 23.0 Å². The standard InChI is InChI=1S/C17H10F6N2O9/c1-7-9(24(27)28)3-5-11(13(7)33-16(18,19)20)31-15(26)32-12-6-4-10(25(29)30)8(2)14(12)34-17(21,22)23/h3-6H,1-2H3. The first kappa shape index (κ1) is 25.9. The Labute approximate surface area is 183 Å². The summed E-state index contributed by atoms with van der Waals surface area (Å²) in [5.74, 6) is -4.62. The second-order valence-corrected chi connectivity index (χ2v) is 6.14. The van der Waals surface area contributed by atoms with Crippen LogP contribution in [0.2, 0.25) is 0 Å². The minimum atomic E-state index is -5.37. The minimum Gasteiger partial charge on any atom is -0.401 e. The molecule has 0 heterocycles. The molecular weight excluding hydrogens is 490 g/mol. The molecule has 0 saturated carbocycles. The van der Waals surface area contributed by atoms with E-state index in [9.17, 15) is 51.4 Å². The highest BCUT2D eigenvalue weighted by molar-refractivity contribution is 5.72. The van der Waals surface area contributed by atoms with E-state index in [0.29, 0.717) is 24.3 Å². The van der Waals surface area contributed by atoms with E-state index in [2.05, 4.69) is 18.9 Å². The first-order valence-corrected chi connectivity index (χ1v) is 8.47. The summed E-state index contributed by atoms with van der Waals surface area (Å²) in [4.78, 5) is 31.9. The molecule has 0 unspecified atom stereocenters. The fraction of sp³-hybridized carbons (Fsp3) is 0.235. The van der Waals surface area contributed by atoms with Crippen molar-refractivity contribution in [2.24, 2.45) is 0 Å². The number of benzene rings is 2. The Morgan fingerprint density at radius 3 is 1.32 bits per heavy atom. The van der Waals surface area contributed by atoms with Crippen LogP contribution in [0.3, 0.4) is 0 Å². The first-order chi connectivity index (χ1) is 15.5. The highest BCUT2D eigenvalue weighted by atomic mass is 19.4. The average molecular weight is 500 g/mol. The summed E-state index contributed by atoms with van der Waals surface area (Å²) in [6, 6.07) is 2.47. The van der Waals surface area contributed by atoms with Gasteiger partial charge in [0, 0.05) is 12.1 Å². The van der Waals surface area contributed by atoms with Crippen LogP contribution in [0.1, 0.15) is 11.1 Å². The summed E-state index contributed by atoms with van der Waals surface area (Å²) in [6.45, 7) is 1.71. The van der Waals surface area contributed by atoms with Crippen molar-refractivity contribution in [3.05, 3.63) is 55.6 Å². The van der Waals surface area contributed by atoms with Gasteiger partial charge in [-0.25, -0.2) is 4.79 Å². The zero-order chi connectivity index (χ0) is 26.0. The predicted octanol–water partition coefficient (Wildman–Crippen LogP) is 5.49. The summed E-state index contributed by atoms with van der Waals surface area (Å²) in [5.41, 5.74) is -3.04. The number of nitro groups is 2. The summed E-state index contributed by atoms with van der Waals surface area (Å²) in [7, 11) is 0. The molecule has 2 rings (SSSR count). The number of ether oxygens (including phenoxy) is 4. The van der Waals surface area contributed by atoms with Crippen LogP contribution in [0.4, 0.5) is 42.5 Å². The molecule has 0 aliphatic heterocycles. The van der Waals surface area contributed by atoms with Crippen molar-refractivity contribution in [3.8, 4) is 23.0 Å². The van der Waals surface area contributed by atoms with E-state index in [4.69, 9.17) is 0 Å². The van der Waals surface area contributed by atoms with Crippen LogP contribution < -0.4 is 18.9 Å². The molecule has 0 radical (unpaired) electrons. The maximum absolute atomic E-state index is 12.7. The Balaban J connectivity index is 2.45. The summed E-state index contributed by atoms with van der Waals surface area (Å²) >= 11 is 0. The largest absolute Gasteiger partial charge is 0.573 e. The third kappa shape index (κ3) is 6.36. The lowest BCUT2D eigenvalue weighted by molar-refractivity contribution is -0.385. The number of hydrogen-bond donors (Lipinski definition) is 0. The molecule has 0 N–H and O–H groups in total. The third-order valence-electron chi connectivity index (χ3n) is 3.90. The smallest absolute Gasteiger partial charge is 0.401 e. The summed E-state index contributed by atoms with van der Waals surface area (Å²) in [5, 5.41) is 21.9. The molecule has 0 bridgehead atoms. The van der Waals surface area contributed by atoms with Crippen LogP contribution in [0.25, 0.3) is 0 Å². The molecule has 0 atom stereocenters. The van der Waals surface area contributed by atoms with Gasteiger partial charge in [0.2, 0.25) is 0 Å². The predicted molar refractivity (Wildman–Crippen MR) is 95.7 cm³/mol. The average Bonchev–Trinajstić information content (AvgIpc) is 2.65. The van der Waals surface area contributed by atoms with Crippen LogP contribution in [-0.2, 0) is 0 Å². The van der Waals surface area contributed by atoms with Crippen LogP contribution >= 0.6 is 0 Å². The Hall–Kier alpha value is -4.31. The van der Waals surface area contributed by atoms with E-state index in [0.717, 1.165) is 13.8 Å². The summed E-state index contributed by atoms with van der Waals surface area (Å²) in [6.07, 6.45) is -12.7. The minimum absolute atomic E-state index is 0.557. The topological polar surface area (TPSA) is 140 Å². The van der Waals surface area contributed by atoms with Crippen molar-refractivity contribution in [2.75, 3.05) is 0 Å². The van der Waals surface area contributed by atoms with E-state index in [1.165, 1.54) is 0 Å². The molecule has 0 aliphatic rings. The molecule has 2 aromatic carbocycles. The van der Waals surface area contributed by atoms with Gasteiger partial charge in [-0.15, -0.1) is 26.3 Å². The normalized spacial score (nSPS) is 11.5. The van der Waals surface area contributed by atoms with Gasteiger partial charge in [0.25, 0.3) is 11.4 Å².